The van der Waals surface area contributed by atoms with Gasteiger partial charge in [0.05, 0.1) is 12.6 Å². The van der Waals surface area contributed by atoms with Crippen molar-refractivity contribution in [3.63, 3.8) is 0 Å². The first-order chi connectivity index (χ1) is 17.2. The van der Waals surface area contributed by atoms with Crippen molar-refractivity contribution < 1.29 is 9.63 Å². The monoisotopic (exact) mass is 550 g/mol. The first-order valence-electron chi connectivity index (χ1n) is 15.6. The topological polar surface area (TPSA) is 64.5 Å². The van der Waals surface area contributed by atoms with E-state index in [1.165, 1.54) is 62.9 Å². The van der Waals surface area contributed by atoms with E-state index in [9.17, 15) is 4.79 Å². The molecule has 3 saturated carbocycles. The molecule has 0 spiro atoms. The second-order valence-corrected chi connectivity index (χ2v) is 15.9. The van der Waals surface area contributed by atoms with Crippen molar-refractivity contribution in [3.05, 3.63) is 11.6 Å². The van der Waals surface area contributed by atoms with Crippen LogP contribution in [0.5, 0.6) is 0 Å². The van der Waals surface area contributed by atoms with Gasteiger partial charge in [0.25, 0.3) is 0 Å². The van der Waals surface area contributed by atoms with E-state index in [1.807, 2.05) is 0 Å². The molecule has 4 rings (SSSR count). The average Bonchev–Trinajstić information content (AvgIpc) is 3.15. The Morgan fingerprint density at radius 3 is 2.42 bits per heavy atom. The first kappa shape index (κ1) is 31.9. The van der Waals surface area contributed by atoms with E-state index < -0.39 is 5.37 Å². The van der Waals surface area contributed by atoms with Crippen LogP contribution in [0, 0.1) is 51.8 Å². The zero-order valence-electron chi connectivity index (χ0n) is 26.0. The van der Waals surface area contributed by atoms with Crippen LogP contribution in [0.25, 0.3) is 0 Å². The van der Waals surface area contributed by atoms with Crippen molar-refractivity contribution in [1.82, 2.24) is 11.2 Å². The van der Waals surface area contributed by atoms with E-state index in [4.69, 9.17) is 16.4 Å². The summed E-state index contributed by atoms with van der Waals surface area (Å²) in [5.74, 6) is 5.15. The van der Waals surface area contributed by atoms with E-state index in [1.54, 1.807) is 5.57 Å². The third-order valence-electron chi connectivity index (χ3n) is 11.4. The molecule has 4 aliphatic rings. The highest BCUT2D eigenvalue weighted by Gasteiger charge is 2.59. The van der Waals surface area contributed by atoms with Crippen LogP contribution in [0.15, 0.2) is 11.6 Å². The van der Waals surface area contributed by atoms with Gasteiger partial charge in [0.1, 0.15) is 0 Å². The van der Waals surface area contributed by atoms with Crippen LogP contribution in [-0.2, 0) is 4.84 Å². The maximum absolute atomic E-state index is 12.1. The van der Waals surface area contributed by atoms with Gasteiger partial charge < -0.3 is 6.15 Å². The van der Waals surface area contributed by atoms with Crippen LogP contribution < -0.4 is 6.15 Å². The first-order valence-corrected chi connectivity index (χ1v) is 16.0. The minimum Gasteiger partial charge on any atom is -0.344 e. The van der Waals surface area contributed by atoms with Gasteiger partial charge in [-0.3, -0.25) is 9.63 Å². The molecule has 3 N–H and O–H groups in total. The normalized spacial score (nSPS) is 37.4. The van der Waals surface area contributed by atoms with Gasteiger partial charge in [0.15, 0.2) is 0 Å². The third kappa shape index (κ3) is 6.49. The molecule has 0 radical (unpaired) electrons. The standard InChI is InChI=1S/C33H56ClNO2.H3N/c1-22(2)10-9-11-23(3)27-14-15-28-26-13-12-24-20-25(37-35(30(34)36)21-31(4,5)6)16-18-32(24,7)29(26)17-19-33(27,28)8;/h12,22-23,25-29H,9-11,13-21H2,1-8H3;1H3/t23-,25+,26+,27-,28+,29+,32+,33-;/m1./s1. The molecule has 38 heavy (non-hydrogen) atoms. The Bertz CT molecular complexity index is 850. The lowest BCUT2D eigenvalue weighted by atomic mass is 9.47. The van der Waals surface area contributed by atoms with Crippen LogP contribution in [-0.4, -0.2) is 23.1 Å². The molecule has 0 saturated heterocycles. The highest BCUT2D eigenvalue weighted by Crippen LogP contribution is 2.67. The number of carbonyl (C=O) groups excluding carboxylic acids is 1. The van der Waals surface area contributed by atoms with Crippen molar-refractivity contribution >= 4 is 17.0 Å². The fourth-order valence-electron chi connectivity index (χ4n) is 9.49. The van der Waals surface area contributed by atoms with Crippen LogP contribution in [0.4, 0.5) is 4.79 Å². The van der Waals surface area contributed by atoms with E-state index in [2.05, 4.69) is 61.5 Å². The molecule has 0 aliphatic heterocycles. The molecule has 4 aliphatic carbocycles. The molecule has 0 aromatic heterocycles. The summed E-state index contributed by atoms with van der Waals surface area (Å²) in [6, 6.07) is 0. The van der Waals surface area contributed by atoms with Crippen LogP contribution in [0.2, 0.25) is 0 Å². The van der Waals surface area contributed by atoms with Gasteiger partial charge in [0, 0.05) is 0 Å². The van der Waals surface area contributed by atoms with Gasteiger partial charge in [-0.2, -0.15) is 0 Å². The van der Waals surface area contributed by atoms with Gasteiger partial charge in [-0.1, -0.05) is 86.3 Å². The Balaban J connectivity index is 0.00000400. The van der Waals surface area contributed by atoms with Gasteiger partial charge in [-0.25, -0.2) is 5.06 Å². The Morgan fingerprint density at radius 2 is 1.79 bits per heavy atom. The molecule has 1 amide bonds. The molecular weight excluding hydrogens is 492 g/mol. The number of amides is 1. The lowest BCUT2D eigenvalue weighted by molar-refractivity contribution is -0.177. The summed E-state index contributed by atoms with van der Waals surface area (Å²) < 4.78 is 0. The fourth-order valence-corrected chi connectivity index (χ4v) is 9.59. The number of carbonyl (C=O) groups is 1. The fraction of sp³-hybridized carbons (Fsp3) is 0.909. The van der Waals surface area contributed by atoms with Gasteiger partial charge >= 0.3 is 5.37 Å². The predicted octanol–water partition coefficient (Wildman–Crippen LogP) is 10.2. The van der Waals surface area contributed by atoms with Crippen LogP contribution in [0.1, 0.15) is 126 Å². The third-order valence-corrected chi connectivity index (χ3v) is 11.5. The second kappa shape index (κ2) is 12.1. The Hall–Kier alpha value is -0.580. The molecule has 220 valence electrons. The van der Waals surface area contributed by atoms with Crippen molar-refractivity contribution in [2.75, 3.05) is 6.54 Å². The zero-order valence-corrected chi connectivity index (χ0v) is 26.7. The summed E-state index contributed by atoms with van der Waals surface area (Å²) in [4.78, 5) is 18.3. The average molecular weight is 551 g/mol. The summed E-state index contributed by atoms with van der Waals surface area (Å²) >= 11 is 5.91. The molecule has 4 nitrogen and oxygen atoms in total. The van der Waals surface area contributed by atoms with Gasteiger partial charge in [-0.15, -0.1) is 0 Å². The molecule has 0 heterocycles. The quantitative estimate of drug-likeness (QED) is 0.141. The predicted molar refractivity (Wildman–Crippen MR) is 160 cm³/mol. The second-order valence-electron chi connectivity index (χ2n) is 15.6. The molecule has 3 fully saturated rings. The number of hydrogen-bond acceptors (Lipinski definition) is 3. The highest BCUT2D eigenvalue weighted by atomic mass is 35.5. The molecule has 5 heteroatoms. The minimum absolute atomic E-state index is 0. The SMILES string of the molecule is CC(C)CCC[C@@H](C)[C@H]1CC[C@H]2[C@@H]3CC=C4C[C@@H](ON(CC(C)(C)C)C(=O)Cl)CC[C@]4(C)[C@H]3CC[C@]12C.N. The summed E-state index contributed by atoms with van der Waals surface area (Å²) in [5.41, 5.74) is 2.38. The number of rotatable bonds is 8. The Kier molecular flexibility index (Phi) is 10.2. The van der Waals surface area contributed by atoms with E-state index in [0.29, 0.717) is 17.4 Å². The van der Waals surface area contributed by atoms with Crippen molar-refractivity contribution in [3.8, 4) is 0 Å². The van der Waals surface area contributed by atoms with Crippen molar-refractivity contribution in [2.24, 2.45) is 51.8 Å². The number of halogens is 1. The maximum atomic E-state index is 12.1. The van der Waals surface area contributed by atoms with Crippen LogP contribution >= 0.6 is 11.6 Å². The number of hydrogen-bond donors (Lipinski definition) is 1. The molecular formula is C33H59ClN2O2. The van der Waals surface area contributed by atoms with Crippen molar-refractivity contribution in [1.29, 1.82) is 0 Å². The van der Waals surface area contributed by atoms with Crippen molar-refractivity contribution in [2.45, 2.75) is 132 Å². The smallest absolute Gasteiger partial charge is 0.340 e. The Labute approximate surface area is 239 Å². The number of nitrogens with zero attached hydrogens (tertiary/aromatic N) is 1. The lowest BCUT2D eigenvalue weighted by Crippen LogP contribution is -2.51. The minimum atomic E-state index is -0.498. The molecule has 0 bridgehead atoms. The largest absolute Gasteiger partial charge is 0.344 e. The van der Waals surface area contributed by atoms with Gasteiger partial charge in [-0.05, 0) is 115 Å². The summed E-state index contributed by atoms with van der Waals surface area (Å²) in [5, 5.41) is 0.912. The zero-order chi connectivity index (χ0) is 27.2. The number of allylic oxidation sites excluding steroid dienone is 1. The van der Waals surface area contributed by atoms with Crippen LogP contribution in [0.3, 0.4) is 0 Å². The van der Waals surface area contributed by atoms with E-state index in [0.717, 1.165) is 48.3 Å². The van der Waals surface area contributed by atoms with E-state index in [-0.39, 0.29) is 17.7 Å². The number of fused-ring (bicyclic) bond motifs is 5. The summed E-state index contributed by atoms with van der Waals surface area (Å²) in [6.45, 7) is 19.4. The summed E-state index contributed by atoms with van der Waals surface area (Å²) in [6.07, 6.45) is 16.9. The lowest BCUT2D eigenvalue weighted by Gasteiger charge is -2.58. The molecule has 0 aromatic rings. The number of hydroxylamine groups is 2. The highest BCUT2D eigenvalue weighted by molar-refractivity contribution is 6.62. The summed E-state index contributed by atoms with van der Waals surface area (Å²) in [7, 11) is 0. The van der Waals surface area contributed by atoms with Gasteiger partial charge in [0.2, 0.25) is 0 Å². The molecule has 0 aromatic carbocycles. The Morgan fingerprint density at radius 1 is 1.08 bits per heavy atom. The molecule has 8 atom stereocenters. The van der Waals surface area contributed by atoms with E-state index >= 15 is 0 Å². The molecule has 0 unspecified atom stereocenters. The maximum Gasteiger partial charge on any atom is 0.340 e.